The van der Waals surface area contributed by atoms with Gasteiger partial charge in [0, 0.05) is 13.1 Å². The first-order valence-corrected chi connectivity index (χ1v) is 12.7. The Morgan fingerprint density at radius 1 is 1.10 bits per heavy atom. The fourth-order valence-corrected chi connectivity index (χ4v) is 5.62. The molecule has 1 saturated heterocycles. The van der Waals surface area contributed by atoms with Crippen LogP contribution in [-0.2, 0) is 10.9 Å². The van der Waals surface area contributed by atoms with Gasteiger partial charge in [0.25, 0.3) is 0 Å². The topological polar surface area (TPSA) is 12.5 Å². The molecule has 0 aromatic heterocycles. The zero-order valence-corrected chi connectivity index (χ0v) is 19.4. The highest BCUT2D eigenvalue weighted by Gasteiger charge is 2.30. The smallest absolute Gasteiger partial charge is 0.373 e. The van der Waals surface area contributed by atoms with E-state index in [0.29, 0.717) is 12.2 Å². The van der Waals surface area contributed by atoms with Gasteiger partial charge in [-0.15, -0.1) is 6.58 Å². The summed E-state index contributed by atoms with van der Waals surface area (Å²) in [7, 11) is -0.721. The molecule has 0 spiro atoms. The van der Waals surface area contributed by atoms with Gasteiger partial charge < -0.3 is 4.74 Å². The first-order chi connectivity index (χ1) is 13.7. The van der Waals surface area contributed by atoms with E-state index in [0.717, 1.165) is 49.8 Å². The third-order valence-electron chi connectivity index (χ3n) is 5.52. The number of hydrogen-bond acceptors (Lipinski definition) is 2. The number of halogens is 3. The zero-order valence-electron chi connectivity index (χ0n) is 17.9. The number of benzene rings is 1. The van der Waals surface area contributed by atoms with E-state index >= 15 is 0 Å². The van der Waals surface area contributed by atoms with Crippen molar-refractivity contribution in [3.63, 3.8) is 0 Å². The maximum atomic E-state index is 12.8. The SMILES string of the molecule is C=C(CCCCCCCN1CC(C)OC(C)C1)C[SiH2]c1cccc(C(F)(F)F)c1. The van der Waals surface area contributed by atoms with Gasteiger partial charge in [-0.1, -0.05) is 54.3 Å². The monoisotopic (exact) mass is 427 g/mol. The van der Waals surface area contributed by atoms with E-state index in [-0.39, 0.29) is 0 Å². The van der Waals surface area contributed by atoms with Gasteiger partial charge in [0.15, 0.2) is 0 Å². The molecular formula is C23H36F3NOSi. The Labute approximate surface area is 176 Å². The number of hydrogen-bond donors (Lipinski definition) is 0. The molecule has 6 heteroatoms. The van der Waals surface area contributed by atoms with Crippen molar-refractivity contribution < 1.29 is 17.9 Å². The lowest BCUT2D eigenvalue weighted by Gasteiger charge is -2.35. The van der Waals surface area contributed by atoms with Gasteiger partial charge in [0.2, 0.25) is 0 Å². The van der Waals surface area contributed by atoms with Crippen molar-refractivity contribution in [1.29, 1.82) is 0 Å². The molecular weight excluding hydrogens is 391 g/mol. The van der Waals surface area contributed by atoms with Crippen LogP contribution in [0.25, 0.3) is 0 Å². The van der Waals surface area contributed by atoms with Gasteiger partial charge in [-0.25, -0.2) is 0 Å². The quantitative estimate of drug-likeness (QED) is 0.282. The number of alkyl halides is 3. The number of allylic oxidation sites excluding steroid dienone is 1. The third kappa shape index (κ3) is 9.49. The minimum atomic E-state index is -4.25. The average molecular weight is 428 g/mol. The summed E-state index contributed by atoms with van der Waals surface area (Å²) < 4.78 is 44.1. The van der Waals surface area contributed by atoms with Crippen molar-refractivity contribution >= 4 is 14.7 Å². The Balaban J connectivity index is 1.52. The molecule has 0 aliphatic carbocycles. The molecule has 1 aromatic rings. The van der Waals surface area contributed by atoms with Crippen molar-refractivity contribution in [3.8, 4) is 0 Å². The predicted molar refractivity (Wildman–Crippen MR) is 118 cm³/mol. The van der Waals surface area contributed by atoms with Gasteiger partial charge in [-0.05, 0) is 45.7 Å². The second-order valence-electron chi connectivity index (χ2n) is 8.48. The van der Waals surface area contributed by atoms with E-state index in [1.807, 2.05) is 6.07 Å². The Morgan fingerprint density at radius 3 is 2.45 bits per heavy atom. The van der Waals surface area contributed by atoms with Gasteiger partial charge >= 0.3 is 6.18 Å². The van der Waals surface area contributed by atoms with E-state index in [2.05, 4.69) is 25.3 Å². The number of unbranched alkanes of at least 4 members (excludes halogenated alkanes) is 4. The molecule has 2 rings (SSSR count). The van der Waals surface area contributed by atoms with Gasteiger partial charge in [0.1, 0.15) is 0 Å². The molecule has 2 unspecified atom stereocenters. The molecule has 1 aromatic carbocycles. The number of ether oxygens (including phenoxy) is 1. The van der Waals surface area contributed by atoms with Crippen LogP contribution in [0.1, 0.15) is 57.9 Å². The highest BCUT2D eigenvalue weighted by atomic mass is 28.2. The Hall–Kier alpha value is -1.11. The summed E-state index contributed by atoms with van der Waals surface area (Å²) in [5.41, 5.74) is 0.666. The molecule has 0 radical (unpaired) electrons. The van der Waals surface area contributed by atoms with Crippen LogP contribution in [0.5, 0.6) is 0 Å². The molecule has 1 aliphatic rings. The summed E-state index contributed by atoms with van der Waals surface area (Å²) in [4.78, 5) is 2.51. The van der Waals surface area contributed by atoms with Gasteiger partial charge in [0.05, 0.1) is 27.3 Å². The van der Waals surface area contributed by atoms with E-state index in [1.54, 1.807) is 0 Å². The normalized spacial score (nSPS) is 21.1. The van der Waals surface area contributed by atoms with E-state index in [1.165, 1.54) is 43.4 Å². The predicted octanol–water partition coefficient (Wildman–Crippen LogP) is 4.92. The molecule has 2 nitrogen and oxygen atoms in total. The van der Waals surface area contributed by atoms with Crippen molar-refractivity contribution in [2.24, 2.45) is 0 Å². The largest absolute Gasteiger partial charge is 0.416 e. The Bertz CT molecular complexity index is 625. The number of rotatable bonds is 11. The maximum absolute atomic E-state index is 12.8. The highest BCUT2D eigenvalue weighted by molar-refractivity contribution is 6.54. The van der Waals surface area contributed by atoms with Crippen molar-refractivity contribution in [2.45, 2.75) is 76.8 Å². The average Bonchev–Trinajstić information content (AvgIpc) is 2.64. The molecule has 2 atom stereocenters. The van der Waals surface area contributed by atoms with Crippen LogP contribution in [0.4, 0.5) is 13.2 Å². The van der Waals surface area contributed by atoms with Crippen molar-refractivity contribution in [2.75, 3.05) is 19.6 Å². The summed E-state index contributed by atoms with van der Waals surface area (Å²) in [5.74, 6) is 0. The fraction of sp³-hybridized carbons (Fsp3) is 0.652. The number of nitrogens with zero attached hydrogens (tertiary/aromatic N) is 1. The fourth-order valence-electron chi connectivity index (χ4n) is 4.06. The molecule has 29 heavy (non-hydrogen) atoms. The number of morpholine rings is 1. The van der Waals surface area contributed by atoms with E-state index in [4.69, 9.17) is 4.74 Å². The van der Waals surface area contributed by atoms with Crippen LogP contribution in [0.2, 0.25) is 6.04 Å². The van der Waals surface area contributed by atoms with Crippen LogP contribution in [0.3, 0.4) is 0 Å². The highest BCUT2D eigenvalue weighted by Crippen LogP contribution is 2.28. The lowest BCUT2D eigenvalue weighted by Crippen LogP contribution is -2.45. The van der Waals surface area contributed by atoms with Crippen LogP contribution in [0, 0.1) is 0 Å². The van der Waals surface area contributed by atoms with Crippen LogP contribution in [-0.4, -0.2) is 46.3 Å². The molecule has 0 bridgehead atoms. The maximum Gasteiger partial charge on any atom is 0.416 e. The van der Waals surface area contributed by atoms with Crippen LogP contribution < -0.4 is 5.19 Å². The van der Waals surface area contributed by atoms with Crippen molar-refractivity contribution in [1.82, 2.24) is 4.90 Å². The second kappa shape index (κ2) is 11.9. The van der Waals surface area contributed by atoms with E-state index in [9.17, 15) is 13.2 Å². The zero-order chi connectivity index (χ0) is 21.3. The lowest BCUT2D eigenvalue weighted by molar-refractivity contribution is -0.137. The van der Waals surface area contributed by atoms with Gasteiger partial charge in [-0.2, -0.15) is 13.2 Å². The summed E-state index contributed by atoms with van der Waals surface area (Å²) in [5, 5.41) is 0.868. The van der Waals surface area contributed by atoms with E-state index < -0.39 is 21.3 Å². The summed E-state index contributed by atoms with van der Waals surface area (Å²) in [6.45, 7) is 11.7. The summed E-state index contributed by atoms with van der Waals surface area (Å²) >= 11 is 0. The standard InChI is InChI=1S/C23H36F3NOSi/c1-18(17-29-22-12-9-11-21(14-22)23(24,25)26)10-7-5-4-6-8-13-27-15-19(2)28-20(3)16-27/h9,11-12,14,19-20H,1,4-8,10,13,15-17,29H2,2-3H3. The molecule has 164 valence electrons. The second-order valence-corrected chi connectivity index (χ2v) is 10.3. The molecule has 1 aliphatic heterocycles. The molecule has 0 saturated carbocycles. The first-order valence-electron chi connectivity index (χ1n) is 10.9. The molecule has 1 heterocycles. The third-order valence-corrected chi connectivity index (χ3v) is 7.50. The van der Waals surface area contributed by atoms with Crippen molar-refractivity contribution in [3.05, 3.63) is 42.0 Å². The molecule has 1 fully saturated rings. The van der Waals surface area contributed by atoms with Gasteiger partial charge in [-0.3, -0.25) is 4.90 Å². The van der Waals surface area contributed by atoms with Crippen LogP contribution >= 0.6 is 0 Å². The molecule has 0 N–H and O–H groups in total. The minimum absolute atomic E-state index is 0.337. The van der Waals surface area contributed by atoms with Crippen LogP contribution in [0.15, 0.2) is 36.4 Å². The summed E-state index contributed by atoms with van der Waals surface area (Å²) in [6, 6.07) is 6.70. The first kappa shape index (κ1) is 24.2. The minimum Gasteiger partial charge on any atom is -0.373 e. The summed E-state index contributed by atoms with van der Waals surface area (Å²) in [6.07, 6.45) is 3.52. The molecule has 0 amide bonds. The Kier molecular flexibility index (Phi) is 9.93. The lowest BCUT2D eigenvalue weighted by atomic mass is 10.1. The Morgan fingerprint density at radius 2 is 1.76 bits per heavy atom.